The molecular weight excluding hydrogens is 472 g/mol. The SMILES string of the molecule is CC(C(=O)Nc1cc(B(O)O)cc(NC(=O)c2ncc(Cl)cc2F)n1)N(C)C(=O)OC(C)(C)C. The Morgan fingerprint density at radius 3 is 2.29 bits per heavy atom. The van der Waals surface area contributed by atoms with E-state index in [1.54, 1.807) is 20.8 Å². The molecule has 0 fully saturated rings. The average molecular weight is 496 g/mol. The van der Waals surface area contributed by atoms with E-state index in [-0.39, 0.29) is 22.1 Å². The Morgan fingerprint density at radius 2 is 1.76 bits per heavy atom. The van der Waals surface area contributed by atoms with Gasteiger partial charge < -0.3 is 25.4 Å². The number of carbonyl (C=O) groups excluding carboxylic acids is 3. The van der Waals surface area contributed by atoms with Crippen molar-refractivity contribution < 1.29 is 33.6 Å². The first-order chi connectivity index (χ1) is 15.7. The summed E-state index contributed by atoms with van der Waals surface area (Å²) in [6.45, 7) is 6.49. The standard InChI is InChI=1S/C20H24BClFN5O6/c1-10(28(5)19(31)34-20(2,3)4)17(29)26-14-6-11(21(32)33)7-15(25-14)27-18(30)16-13(23)8-12(22)9-24-16/h6-10,32-33H,1-5H3,(H2,25,26,27,29,30). The van der Waals surface area contributed by atoms with E-state index in [4.69, 9.17) is 16.3 Å². The van der Waals surface area contributed by atoms with Crippen LogP contribution in [0.5, 0.6) is 0 Å². The highest BCUT2D eigenvalue weighted by atomic mass is 35.5. The summed E-state index contributed by atoms with van der Waals surface area (Å²) in [6.07, 6.45) is 0.350. The molecule has 2 aromatic heterocycles. The van der Waals surface area contributed by atoms with Gasteiger partial charge in [-0.25, -0.2) is 19.2 Å². The van der Waals surface area contributed by atoms with E-state index in [0.717, 1.165) is 29.3 Å². The molecule has 34 heavy (non-hydrogen) atoms. The summed E-state index contributed by atoms with van der Waals surface area (Å²) in [5, 5.41) is 23.8. The molecule has 0 saturated heterocycles. The van der Waals surface area contributed by atoms with Gasteiger partial charge >= 0.3 is 13.2 Å². The highest BCUT2D eigenvalue weighted by molar-refractivity contribution is 6.58. The second kappa shape index (κ2) is 10.8. The van der Waals surface area contributed by atoms with Crippen molar-refractivity contribution in [3.05, 3.63) is 40.9 Å². The van der Waals surface area contributed by atoms with Crippen molar-refractivity contribution in [3.8, 4) is 0 Å². The normalized spacial score (nSPS) is 11.9. The minimum absolute atomic E-state index is 0.00644. The molecule has 3 amide bonds. The third-order valence-electron chi connectivity index (χ3n) is 4.30. The molecule has 0 radical (unpaired) electrons. The molecule has 182 valence electrons. The number of amides is 3. The van der Waals surface area contributed by atoms with Crippen LogP contribution in [0.3, 0.4) is 0 Å². The van der Waals surface area contributed by atoms with Gasteiger partial charge in [0.15, 0.2) is 11.5 Å². The molecule has 14 heteroatoms. The lowest BCUT2D eigenvalue weighted by Crippen LogP contribution is -2.45. The molecule has 2 heterocycles. The number of anilines is 2. The van der Waals surface area contributed by atoms with E-state index in [0.29, 0.717) is 0 Å². The van der Waals surface area contributed by atoms with Crippen LogP contribution in [0.15, 0.2) is 24.4 Å². The topological polar surface area (TPSA) is 154 Å². The number of halogens is 2. The van der Waals surface area contributed by atoms with Crippen molar-refractivity contribution in [1.29, 1.82) is 0 Å². The van der Waals surface area contributed by atoms with Crippen molar-refractivity contribution in [1.82, 2.24) is 14.9 Å². The van der Waals surface area contributed by atoms with Gasteiger partial charge in [-0.15, -0.1) is 0 Å². The molecular formula is C20H24BClFN5O6. The fourth-order valence-electron chi connectivity index (χ4n) is 2.48. The Labute approximate surface area is 200 Å². The van der Waals surface area contributed by atoms with E-state index < -0.39 is 48.2 Å². The first-order valence-corrected chi connectivity index (χ1v) is 10.3. The van der Waals surface area contributed by atoms with E-state index in [1.807, 2.05) is 0 Å². The Bertz CT molecular complexity index is 1100. The van der Waals surface area contributed by atoms with Crippen LogP contribution in [-0.4, -0.2) is 68.6 Å². The first-order valence-electron chi connectivity index (χ1n) is 9.95. The molecule has 0 aliphatic heterocycles. The maximum Gasteiger partial charge on any atom is 0.488 e. The second-order valence-corrected chi connectivity index (χ2v) is 8.68. The fourth-order valence-corrected chi connectivity index (χ4v) is 2.63. The summed E-state index contributed by atoms with van der Waals surface area (Å²) in [5.41, 5.74) is -1.46. The van der Waals surface area contributed by atoms with Crippen LogP contribution >= 0.6 is 11.6 Å². The average Bonchev–Trinajstić information content (AvgIpc) is 2.70. The van der Waals surface area contributed by atoms with Crippen molar-refractivity contribution in [2.45, 2.75) is 39.3 Å². The monoisotopic (exact) mass is 495 g/mol. The predicted octanol–water partition coefficient (Wildman–Crippen LogP) is 1.40. The van der Waals surface area contributed by atoms with E-state index in [1.165, 1.54) is 14.0 Å². The van der Waals surface area contributed by atoms with Crippen LogP contribution in [-0.2, 0) is 9.53 Å². The molecule has 0 aliphatic rings. The molecule has 1 atom stereocenters. The molecule has 0 saturated carbocycles. The lowest BCUT2D eigenvalue weighted by Gasteiger charge is -2.28. The molecule has 0 bridgehead atoms. The first kappa shape index (κ1) is 27.0. The van der Waals surface area contributed by atoms with Gasteiger partial charge in [0.2, 0.25) is 5.91 Å². The number of ether oxygens (including phenoxy) is 1. The number of hydrogen-bond acceptors (Lipinski definition) is 8. The number of rotatable bonds is 6. The van der Waals surface area contributed by atoms with Crippen molar-refractivity contribution in [2.75, 3.05) is 17.7 Å². The maximum absolute atomic E-state index is 14.0. The van der Waals surface area contributed by atoms with E-state index >= 15 is 0 Å². The van der Waals surface area contributed by atoms with Gasteiger partial charge in [-0.1, -0.05) is 11.6 Å². The van der Waals surface area contributed by atoms with Crippen LogP contribution in [0.25, 0.3) is 0 Å². The van der Waals surface area contributed by atoms with Crippen LogP contribution in [0.1, 0.15) is 38.2 Å². The minimum atomic E-state index is -1.97. The van der Waals surface area contributed by atoms with Gasteiger partial charge in [-0.2, -0.15) is 0 Å². The van der Waals surface area contributed by atoms with Crippen LogP contribution in [0.4, 0.5) is 20.8 Å². The number of nitrogens with zero attached hydrogens (tertiary/aromatic N) is 3. The molecule has 11 nitrogen and oxygen atoms in total. The summed E-state index contributed by atoms with van der Waals surface area (Å²) < 4.78 is 19.2. The zero-order chi connectivity index (χ0) is 25.8. The largest absolute Gasteiger partial charge is 0.488 e. The van der Waals surface area contributed by atoms with Crippen molar-refractivity contribution in [2.24, 2.45) is 0 Å². The number of likely N-dealkylation sites (N-methyl/N-ethyl adjacent to an activating group) is 1. The molecule has 1 unspecified atom stereocenters. The Hall–Kier alpha value is -3.29. The number of aromatic nitrogens is 2. The lowest BCUT2D eigenvalue weighted by atomic mass is 9.81. The Balaban J connectivity index is 2.23. The van der Waals surface area contributed by atoms with Crippen LogP contribution in [0, 0.1) is 5.82 Å². The minimum Gasteiger partial charge on any atom is -0.444 e. The fraction of sp³-hybridized carbons (Fsp3) is 0.350. The summed E-state index contributed by atoms with van der Waals surface area (Å²) in [4.78, 5) is 46.0. The maximum atomic E-state index is 14.0. The third kappa shape index (κ3) is 7.37. The van der Waals surface area contributed by atoms with Gasteiger partial charge in [-0.3, -0.25) is 14.5 Å². The van der Waals surface area contributed by atoms with Crippen molar-refractivity contribution in [3.63, 3.8) is 0 Å². The molecule has 2 rings (SSSR count). The lowest BCUT2D eigenvalue weighted by molar-refractivity contribution is -0.120. The predicted molar refractivity (Wildman–Crippen MR) is 123 cm³/mol. The number of carbonyl (C=O) groups is 3. The van der Waals surface area contributed by atoms with Gasteiger partial charge in [0, 0.05) is 13.2 Å². The second-order valence-electron chi connectivity index (χ2n) is 8.24. The Kier molecular flexibility index (Phi) is 8.53. The Morgan fingerprint density at radius 1 is 1.18 bits per heavy atom. The van der Waals surface area contributed by atoms with E-state index in [2.05, 4.69) is 20.6 Å². The zero-order valence-electron chi connectivity index (χ0n) is 19.1. The molecule has 0 aliphatic carbocycles. The zero-order valence-corrected chi connectivity index (χ0v) is 19.8. The molecule has 4 N–H and O–H groups in total. The van der Waals surface area contributed by atoms with Crippen LogP contribution in [0.2, 0.25) is 5.02 Å². The van der Waals surface area contributed by atoms with Crippen molar-refractivity contribution >= 4 is 53.7 Å². The summed E-state index contributed by atoms with van der Waals surface area (Å²) in [6, 6.07) is 2.17. The number of nitrogens with one attached hydrogen (secondary N) is 2. The number of hydrogen-bond donors (Lipinski definition) is 4. The number of pyridine rings is 2. The smallest absolute Gasteiger partial charge is 0.444 e. The molecule has 2 aromatic rings. The van der Waals surface area contributed by atoms with Gasteiger partial charge in [0.1, 0.15) is 23.3 Å². The summed E-state index contributed by atoms with van der Waals surface area (Å²) >= 11 is 5.63. The van der Waals surface area contributed by atoms with E-state index in [9.17, 15) is 28.8 Å². The highest BCUT2D eigenvalue weighted by Crippen LogP contribution is 2.15. The van der Waals surface area contributed by atoms with Gasteiger partial charge in [0.05, 0.1) is 5.02 Å². The molecule has 0 aromatic carbocycles. The summed E-state index contributed by atoms with van der Waals surface area (Å²) in [7, 11) is -0.597. The quantitative estimate of drug-likeness (QED) is 0.438. The van der Waals surface area contributed by atoms with Crippen LogP contribution < -0.4 is 16.1 Å². The molecule has 0 spiro atoms. The highest BCUT2D eigenvalue weighted by Gasteiger charge is 2.27. The van der Waals surface area contributed by atoms with Gasteiger partial charge in [-0.05, 0) is 51.4 Å². The third-order valence-corrected chi connectivity index (χ3v) is 4.51. The van der Waals surface area contributed by atoms with Gasteiger partial charge in [0.25, 0.3) is 5.91 Å². The summed E-state index contributed by atoms with van der Waals surface area (Å²) in [5.74, 6) is -3.03.